The molecule has 3 saturated heterocycles. The third kappa shape index (κ3) is 4.93. The molecule has 29 heavy (non-hydrogen) atoms. The van der Waals surface area contributed by atoms with Crippen LogP contribution in [0.5, 0.6) is 0 Å². The van der Waals surface area contributed by atoms with Crippen molar-refractivity contribution in [3.8, 4) is 0 Å². The highest BCUT2D eigenvalue weighted by Crippen LogP contribution is 2.39. The molecule has 0 radical (unpaired) electrons. The van der Waals surface area contributed by atoms with Gasteiger partial charge in [-0.15, -0.1) is 0 Å². The maximum atomic E-state index is 12.9. The fourth-order valence-corrected chi connectivity index (χ4v) is 4.75. The summed E-state index contributed by atoms with van der Waals surface area (Å²) in [5, 5.41) is 0. The zero-order chi connectivity index (χ0) is 20.3. The molecule has 4 heterocycles. The van der Waals surface area contributed by atoms with Gasteiger partial charge in [-0.2, -0.15) is 0 Å². The van der Waals surface area contributed by atoms with Gasteiger partial charge >= 0.3 is 0 Å². The van der Waals surface area contributed by atoms with Crippen LogP contribution in [0.25, 0.3) is 0 Å². The van der Waals surface area contributed by atoms with E-state index < -0.39 is 0 Å². The van der Waals surface area contributed by atoms with E-state index in [4.69, 9.17) is 4.74 Å². The van der Waals surface area contributed by atoms with Crippen LogP contribution in [0.4, 0.5) is 0 Å². The maximum absolute atomic E-state index is 12.9. The number of aromatic nitrogens is 2. The average molecular weight is 402 g/mol. The Morgan fingerprint density at radius 2 is 1.97 bits per heavy atom. The number of ether oxygens (including phenoxy) is 1. The van der Waals surface area contributed by atoms with Crippen LogP contribution in [0.3, 0.4) is 0 Å². The Morgan fingerprint density at radius 3 is 2.72 bits per heavy atom. The number of hydrogen-bond acceptors (Lipinski definition) is 6. The summed E-state index contributed by atoms with van der Waals surface area (Å²) >= 11 is 0. The standard InChI is InChI=1S/C21H31N5O3/c1-17-11-23-18(12-22-17)13-26-16-21(5-3-19(26)27)4-2-6-25(15-21)20(28)14-24-7-9-29-10-8-24/h11-12H,2-10,13-16H2,1H3/t21-/m1/s1. The molecule has 1 spiro atoms. The summed E-state index contributed by atoms with van der Waals surface area (Å²) in [6.07, 6.45) is 6.97. The number of aryl methyl sites for hydroxylation is 1. The van der Waals surface area contributed by atoms with Crippen LogP contribution in [-0.4, -0.2) is 89.0 Å². The molecule has 3 aliphatic rings. The number of nitrogens with zero attached hydrogens (tertiary/aromatic N) is 5. The van der Waals surface area contributed by atoms with Crippen LogP contribution < -0.4 is 0 Å². The summed E-state index contributed by atoms with van der Waals surface area (Å²) in [5.41, 5.74) is 1.69. The number of carbonyl (C=O) groups is 2. The molecule has 0 aromatic carbocycles. The Hall–Kier alpha value is -2.06. The molecule has 0 aliphatic carbocycles. The second-order valence-electron chi connectivity index (χ2n) is 8.71. The van der Waals surface area contributed by atoms with E-state index >= 15 is 0 Å². The summed E-state index contributed by atoms with van der Waals surface area (Å²) in [4.78, 5) is 40.3. The normalized spacial score (nSPS) is 26.2. The predicted molar refractivity (Wildman–Crippen MR) is 107 cm³/mol. The Bertz CT molecular complexity index is 734. The molecule has 8 heteroatoms. The van der Waals surface area contributed by atoms with Gasteiger partial charge in [-0.25, -0.2) is 0 Å². The summed E-state index contributed by atoms with van der Waals surface area (Å²) in [6, 6.07) is 0. The van der Waals surface area contributed by atoms with Crippen LogP contribution in [-0.2, 0) is 20.9 Å². The lowest BCUT2D eigenvalue weighted by Gasteiger charge is -2.48. The summed E-state index contributed by atoms with van der Waals surface area (Å²) in [5.74, 6) is 0.383. The minimum absolute atomic E-state index is 0.00492. The van der Waals surface area contributed by atoms with Gasteiger partial charge in [0.25, 0.3) is 0 Å². The smallest absolute Gasteiger partial charge is 0.236 e. The molecule has 0 N–H and O–H groups in total. The molecule has 0 unspecified atom stereocenters. The number of rotatable bonds is 4. The first-order chi connectivity index (χ1) is 14.0. The van der Waals surface area contributed by atoms with E-state index in [1.807, 2.05) is 16.7 Å². The van der Waals surface area contributed by atoms with Crippen LogP contribution in [0.2, 0.25) is 0 Å². The molecular formula is C21H31N5O3. The monoisotopic (exact) mass is 401 g/mol. The summed E-state index contributed by atoms with van der Waals surface area (Å²) in [7, 11) is 0. The Kier molecular flexibility index (Phi) is 6.10. The highest BCUT2D eigenvalue weighted by molar-refractivity contribution is 5.79. The largest absolute Gasteiger partial charge is 0.379 e. The lowest BCUT2D eigenvalue weighted by molar-refractivity contribution is -0.144. The van der Waals surface area contributed by atoms with Gasteiger partial charge in [-0.05, 0) is 26.2 Å². The Labute approximate surface area is 172 Å². The lowest BCUT2D eigenvalue weighted by Crippen LogP contribution is -2.56. The van der Waals surface area contributed by atoms with E-state index in [9.17, 15) is 9.59 Å². The van der Waals surface area contributed by atoms with E-state index in [1.54, 1.807) is 12.4 Å². The molecule has 4 rings (SSSR count). The average Bonchev–Trinajstić information content (AvgIpc) is 2.73. The molecule has 1 atom stereocenters. The van der Waals surface area contributed by atoms with Gasteiger partial charge in [0.1, 0.15) is 0 Å². The maximum Gasteiger partial charge on any atom is 0.236 e. The number of carbonyl (C=O) groups excluding carboxylic acids is 2. The Morgan fingerprint density at radius 1 is 1.14 bits per heavy atom. The number of amides is 2. The van der Waals surface area contributed by atoms with Crippen LogP contribution in [0.1, 0.15) is 37.1 Å². The van der Waals surface area contributed by atoms with Crippen molar-refractivity contribution in [1.29, 1.82) is 0 Å². The zero-order valence-corrected chi connectivity index (χ0v) is 17.3. The molecule has 0 bridgehead atoms. The van der Waals surface area contributed by atoms with E-state index in [1.165, 1.54) is 0 Å². The van der Waals surface area contributed by atoms with Crippen molar-refractivity contribution < 1.29 is 14.3 Å². The van der Waals surface area contributed by atoms with Crippen molar-refractivity contribution in [2.45, 2.75) is 39.2 Å². The molecule has 1 aromatic rings. The minimum atomic E-state index is 0.00492. The topological polar surface area (TPSA) is 78.9 Å². The van der Waals surface area contributed by atoms with E-state index in [2.05, 4.69) is 14.9 Å². The second kappa shape index (κ2) is 8.75. The molecule has 1 aromatic heterocycles. The first kappa shape index (κ1) is 20.2. The first-order valence-electron chi connectivity index (χ1n) is 10.7. The molecular weight excluding hydrogens is 370 g/mol. The van der Waals surface area contributed by atoms with Gasteiger partial charge in [-0.1, -0.05) is 0 Å². The highest BCUT2D eigenvalue weighted by atomic mass is 16.5. The van der Waals surface area contributed by atoms with Crippen LogP contribution in [0.15, 0.2) is 12.4 Å². The molecule has 2 amide bonds. The fourth-order valence-electron chi connectivity index (χ4n) is 4.75. The van der Waals surface area contributed by atoms with Gasteiger partial charge in [0.15, 0.2) is 0 Å². The third-order valence-corrected chi connectivity index (χ3v) is 6.41. The Balaban J connectivity index is 1.39. The van der Waals surface area contributed by atoms with Gasteiger partial charge in [0, 0.05) is 50.8 Å². The number of morpholine rings is 1. The van der Waals surface area contributed by atoms with Crippen molar-refractivity contribution in [3.63, 3.8) is 0 Å². The highest BCUT2D eigenvalue weighted by Gasteiger charge is 2.42. The van der Waals surface area contributed by atoms with Gasteiger partial charge < -0.3 is 14.5 Å². The van der Waals surface area contributed by atoms with Crippen LogP contribution >= 0.6 is 0 Å². The van der Waals surface area contributed by atoms with Gasteiger partial charge in [-0.3, -0.25) is 24.5 Å². The summed E-state index contributed by atoms with van der Waals surface area (Å²) in [6.45, 7) is 8.20. The molecule has 8 nitrogen and oxygen atoms in total. The van der Waals surface area contributed by atoms with Crippen molar-refractivity contribution in [2.75, 3.05) is 52.5 Å². The number of likely N-dealkylation sites (tertiary alicyclic amines) is 2. The molecule has 158 valence electrons. The summed E-state index contributed by atoms with van der Waals surface area (Å²) < 4.78 is 5.38. The van der Waals surface area contributed by atoms with Gasteiger partial charge in [0.2, 0.25) is 11.8 Å². The van der Waals surface area contributed by atoms with E-state index in [-0.39, 0.29) is 17.2 Å². The van der Waals surface area contributed by atoms with Crippen LogP contribution in [0, 0.1) is 12.3 Å². The molecule has 3 aliphatic heterocycles. The molecule has 3 fully saturated rings. The zero-order valence-electron chi connectivity index (χ0n) is 17.3. The van der Waals surface area contributed by atoms with E-state index in [0.29, 0.717) is 39.3 Å². The van der Waals surface area contributed by atoms with E-state index in [0.717, 1.165) is 56.8 Å². The number of piperidine rings is 2. The molecule has 0 saturated carbocycles. The van der Waals surface area contributed by atoms with Crippen molar-refractivity contribution in [3.05, 3.63) is 23.8 Å². The predicted octanol–water partition coefficient (Wildman–Crippen LogP) is 0.848. The fraction of sp³-hybridized carbons (Fsp3) is 0.714. The minimum Gasteiger partial charge on any atom is -0.379 e. The third-order valence-electron chi connectivity index (χ3n) is 6.41. The SMILES string of the molecule is Cc1cnc(CN2C[C@]3(CCCN(C(=O)CN4CCOCC4)C3)CCC2=O)cn1. The second-order valence-corrected chi connectivity index (χ2v) is 8.71. The van der Waals surface area contributed by atoms with Gasteiger partial charge in [0.05, 0.1) is 43.9 Å². The van der Waals surface area contributed by atoms with Crippen molar-refractivity contribution in [2.24, 2.45) is 5.41 Å². The van der Waals surface area contributed by atoms with Crippen molar-refractivity contribution >= 4 is 11.8 Å². The van der Waals surface area contributed by atoms with Crippen molar-refractivity contribution in [1.82, 2.24) is 24.7 Å². The first-order valence-corrected chi connectivity index (χ1v) is 10.7. The quantitative estimate of drug-likeness (QED) is 0.744. The number of hydrogen-bond donors (Lipinski definition) is 0. The lowest BCUT2D eigenvalue weighted by atomic mass is 9.73.